The van der Waals surface area contributed by atoms with E-state index >= 15 is 0 Å². The van der Waals surface area contributed by atoms with E-state index in [1.54, 1.807) is 30.0 Å². The van der Waals surface area contributed by atoms with Gasteiger partial charge in [0.1, 0.15) is 12.1 Å². The number of anilines is 1. The van der Waals surface area contributed by atoms with Crippen LogP contribution in [-0.2, 0) is 9.59 Å². The standard InChI is InChI=1S/C14H15ClN2O2/c1-8-13(18)16-12(9-5-6-9)14(19)17(8)11-4-2-3-10(15)7-11/h2-4,7-9,12H,5-6H2,1H3,(H,16,18). The van der Waals surface area contributed by atoms with E-state index in [0.29, 0.717) is 16.6 Å². The summed E-state index contributed by atoms with van der Waals surface area (Å²) >= 11 is 5.97. The number of halogens is 1. The second kappa shape index (κ2) is 4.53. The van der Waals surface area contributed by atoms with Crippen molar-refractivity contribution in [2.24, 2.45) is 5.92 Å². The zero-order valence-electron chi connectivity index (χ0n) is 10.6. The molecule has 2 aliphatic rings. The first-order valence-electron chi connectivity index (χ1n) is 6.47. The van der Waals surface area contributed by atoms with Crippen LogP contribution in [0.5, 0.6) is 0 Å². The second-order valence-corrected chi connectivity index (χ2v) is 5.62. The first-order valence-corrected chi connectivity index (χ1v) is 6.85. The van der Waals surface area contributed by atoms with Crippen LogP contribution in [-0.4, -0.2) is 23.9 Å². The Hall–Kier alpha value is -1.55. The molecular weight excluding hydrogens is 264 g/mol. The molecule has 4 nitrogen and oxygen atoms in total. The van der Waals surface area contributed by atoms with E-state index in [2.05, 4.69) is 5.32 Å². The molecule has 3 rings (SSSR count). The number of hydrogen-bond donors (Lipinski definition) is 1. The zero-order chi connectivity index (χ0) is 13.6. The molecule has 0 radical (unpaired) electrons. The molecule has 2 unspecified atom stereocenters. The van der Waals surface area contributed by atoms with Crippen LogP contribution < -0.4 is 10.2 Å². The molecule has 0 aromatic heterocycles. The Balaban J connectivity index is 1.96. The molecule has 1 heterocycles. The summed E-state index contributed by atoms with van der Waals surface area (Å²) in [5, 5.41) is 3.39. The van der Waals surface area contributed by atoms with Crippen molar-refractivity contribution < 1.29 is 9.59 Å². The number of hydrogen-bond acceptors (Lipinski definition) is 2. The topological polar surface area (TPSA) is 49.4 Å². The molecule has 1 aromatic rings. The van der Waals surface area contributed by atoms with Gasteiger partial charge in [0.05, 0.1) is 0 Å². The molecule has 0 bridgehead atoms. The van der Waals surface area contributed by atoms with E-state index in [4.69, 9.17) is 11.6 Å². The number of nitrogens with zero attached hydrogens (tertiary/aromatic N) is 1. The lowest BCUT2D eigenvalue weighted by atomic mass is 10.0. The van der Waals surface area contributed by atoms with E-state index in [0.717, 1.165) is 12.8 Å². The smallest absolute Gasteiger partial charge is 0.250 e. The molecule has 1 N–H and O–H groups in total. The van der Waals surface area contributed by atoms with Crippen molar-refractivity contribution in [2.75, 3.05) is 4.90 Å². The SMILES string of the molecule is CC1C(=O)NC(C2CC2)C(=O)N1c1cccc(Cl)c1. The lowest BCUT2D eigenvalue weighted by molar-refractivity contribution is -0.133. The quantitative estimate of drug-likeness (QED) is 0.899. The van der Waals surface area contributed by atoms with Crippen molar-refractivity contribution in [3.63, 3.8) is 0 Å². The fraction of sp³-hybridized carbons (Fsp3) is 0.429. The molecule has 1 aliphatic heterocycles. The number of benzene rings is 1. The van der Waals surface area contributed by atoms with Crippen molar-refractivity contribution in [3.05, 3.63) is 29.3 Å². The zero-order valence-corrected chi connectivity index (χ0v) is 11.4. The Labute approximate surface area is 116 Å². The molecule has 100 valence electrons. The van der Waals surface area contributed by atoms with Gasteiger partial charge in [-0.3, -0.25) is 14.5 Å². The van der Waals surface area contributed by atoms with Gasteiger partial charge in [-0.05, 0) is 43.9 Å². The monoisotopic (exact) mass is 278 g/mol. The molecule has 5 heteroatoms. The van der Waals surface area contributed by atoms with Crippen LogP contribution in [0.15, 0.2) is 24.3 Å². The van der Waals surface area contributed by atoms with Crippen molar-refractivity contribution in [2.45, 2.75) is 31.8 Å². The van der Waals surface area contributed by atoms with Crippen molar-refractivity contribution in [1.82, 2.24) is 5.32 Å². The molecule has 0 spiro atoms. The lowest BCUT2D eigenvalue weighted by Crippen LogP contribution is -2.63. The Morgan fingerprint density at radius 2 is 2.05 bits per heavy atom. The number of amides is 2. The summed E-state index contributed by atoms with van der Waals surface area (Å²) in [6, 6.07) is 6.20. The summed E-state index contributed by atoms with van der Waals surface area (Å²) in [6.07, 6.45) is 2.02. The van der Waals surface area contributed by atoms with Gasteiger partial charge in [-0.1, -0.05) is 17.7 Å². The summed E-state index contributed by atoms with van der Waals surface area (Å²) in [4.78, 5) is 26.1. The van der Waals surface area contributed by atoms with Gasteiger partial charge in [0.15, 0.2) is 0 Å². The van der Waals surface area contributed by atoms with Gasteiger partial charge in [-0.25, -0.2) is 0 Å². The van der Waals surface area contributed by atoms with Gasteiger partial charge in [0, 0.05) is 10.7 Å². The van der Waals surface area contributed by atoms with E-state index in [1.165, 1.54) is 0 Å². The van der Waals surface area contributed by atoms with Gasteiger partial charge in [-0.15, -0.1) is 0 Å². The highest BCUT2D eigenvalue weighted by Crippen LogP contribution is 2.36. The molecule has 1 saturated heterocycles. The maximum atomic E-state index is 12.5. The molecule has 2 amide bonds. The third-order valence-electron chi connectivity index (χ3n) is 3.75. The molecule has 2 atom stereocenters. The molecule has 1 aliphatic carbocycles. The summed E-state index contributed by atoms with van der Waals surface area (Å²) in [6.45, 7) is 1.73. The normalized spacial score (nSPS) is 27.4. The molecule has 2 fully saturated rings. The first kappa shape index (κ1) is 12.5. The second-order valence-electron chi connectivity index (χ2n) is 5.19. The van der Waals surface area contributed by atoms with E-state index < -0.39 is 6.04 Å². The van der Waals surface area contributed by atoms with Crippen LogP contribution in [0.3, 0.4) is 0 Å². The Morgan fingerprint density at radius 1 is 1.32 bits per heavy atom. The fourth-order valence-corrected chi connectivity index (χ4v) is 2.70. The van der Waals surface area contributed by atoms with Crippen LogP contribution >= 0.6 is 11.6 Å². The van der Waals surface area contributed by atoms with Gasteiger partial charge in [0.2, 0.25) is 5.91 Å². The number of piperazine rings is 1. The third-order valence-corrected chi connectivity index (χ3v) is 3.98. The molecular formula is C14H15ClN2O2. The van der Waals surface area contributed by atoms with Crippen LogP contribution in [0, 0.1) is 5.92 Å². The van der Waals surface area contributed by atoms with Crippen molar-refractivity contribution in [1.29, 1.82) is 0 Å². The summed E-state index contributed by atoms with van der Waals surface area (Å²) in [7, 11) is 0. The maximum absolute atomic E-state index is 12.5. The molecule has 1 saturated carbocycles. The minimum absolute atomic E-state index is 0.0307. The number of carbonyl (C=O) groups is 2. The van der Waals surface area contributed by atoms with Gasteiger partial charge in [0.25, 0.3) is 5.91 Å². The lowest BCUT2D eigenvalue weighted by Gasteiger charge is -2.37. The highest BCUT2D eigenvalue weighted by molar-refractivity contribution is 6.31. The van der Waals surface area contributed by atoms with Crippen LogP contribution in [0.2, 0.25) is 5.02 Å². The highest BCUT2D eigenvalue weighted by atomic mass is 35.5. The van der Waals surface area contributed by atoms with Gasteiger partial charge in [-0.2, -0.15) is 0 Å². The number of carbonyl (C=O) groups excluding carboxylic acids is 2. The van der Waals surface area contributed by atoms with Crippen LogP contribution in [0.4, 0.5) is 5.69 Å². The van der Waals surface area contributed by atoms with Gasteiger partial charge >= 0.3 is 0 Å². The molecule has 1 aromatic carbocycles. The van der Waals surface area contributed by atoms with Crippen molar-refractivity contribution >= 4 is 29.1 Å². The van der Waals surface area contributed by atoms with Crippen LogP contribution in [0.1, 0.15) is 19.8 Å². The van der Waals surface area contributed by atoms with E-state index in [1.807, 2.05) is 6.07 Å². The van der Waals surface area contributed by atoms with Crippen LogP contribution in [0.25, 0.3) is 0 Å². The minimum Gasteiger partial charge on any atom is -0.342 e. The average molecular weight is 279 g/mol. The summed E-state index contributed by atoms with van der Waals surface area (Å²) in [5.74, 6) is 0.166. The minimum atomic E-state index is -0.499. The maximum Gasteiger partial charge on any atom is 0.250 e. The Bertz CT molecular complexity index is 542. The molecule has 19 heavy (non-hydrogen) atoms. The average Bonchev–Trinajstić information content (AvgIpc) is 3.18. The van der Waals surface area contributed by atoms with E-state index in [9.17, 15) is 9.59 Å². The predicted molar refractivity (Wildman–Crippen MR) is 73.1 cm³/mol. The Kier molecular flexibility index (Phi) is 2.97. The number of rotatable bonds is 2. The third kappa shape index (κ3) is 2.21. The Morgan fingerprint density at radius 3 is 2.68 bits per heavy atom. The largest absolute Gasteiger partial charge is 0.342 e. The summed E-state index contributed by atoms with van der Waals surface area (Å²) in [5.41, 5.74) is 0.686. The first-order chi connectivity index (χ1) is 9.08. The van der Waals surface area contributed by atoms with Gasteiger partial charge < -0.3 is 5.32 Å². The fourth-order valence-electron chi connectivity index (χ4n) is 2.52. The summed E-state index contributed by atoms with van der Waals surface area (Å²) < 4.78 is 0. The van der Waals surface area contributed by atoms with E-state index in [-0.39, 0.29) is 17.9 Å². The number of nitrogens with one attached hydrogen (secondary N) is 1. The predicted octanol–water partition coefficient (Wildman–Crippen LogP) is 1.97. The highest BCUT2D eigenvalue weighted by Gasteiger charge is 2.45. The van der Waals surface area contributed by atoms with Crippen molar-refractivity contribution in [3.8, 4) is 0 Å².